The molecule has 0 spiro atoms. The van der Waals surface area contributed by atoms with E-state index in [4.69, 9.17) is 0 Å². The normalized spacial score (nSPS) is 23.1. The Labute approximate surface area is 157 Å². The van der Waals surface area contributed by atoms with Crippen molar-refractivity contribution in [3.8, 4) is 0 Å². The first-order valence-corrected chi connectivity index (χ1v) is 9.97. The van der Waals surface area contributed by atoms with Crippen LogP contribution in [0, 0.1) is 5.92 Å². The smallest absolute Gasteiger partial charge is 0.338 e. The lowest BCUT2D eigenvalue weighted by Gasteiger charge is -2.44. The molecule has 2 aromatic heterocycles. The highest BCUT2D eigenvalue weighted by atomic mass is 16.2. The number of amides is 1. The van der Waals surface area contributed by atoms with Gasteiger partial charge in [-0.1, -0.05) is 25.0 Å². The minimum Gasteiger partial charge on any atom is -0.338 e. The number of likely N-dealkylation sites (tertiary alicyclic amines) is 1. The molecule has 7 heteroatoms. The Balaban J connectivity index is 1.48. The van der Waals surface area contributed by atoms with Gasteiger partial charge in [-0.25, -0.2) is 13.9 Å². The van der Waals surface area contributed by atoms with Gasteiger partial charge in [0.15, 0.2) is 0 Å². The third-order valence-electron chi connectivity index (χ3n) is 6.45. The predicted octanol–water partition coefficient (Wildman–Crippen LogP) is 2.17. The minimum atomic E-state index is -0.243. The van der Waals surface area contributed by atoms with Crippen LogP contribution in [-0.4, -0.2) is 42.1 Å². The van der Waals surface area contributed by atoms with Gasteiger partial charge in [0.25, 0.3) is 0 Å². The molecule has 0 bridgehead atoms. The van der Waals surface area contributed by atoms with Crippen LogP contribution in [0.5, 0.6) is 0 Å². The summed E-state index contributed by atoms with van der Waals surface area (Å²) in [4.78, 5) is 28.0. The van der Waals surface area contributed by atoms with Gasteiger partial charge < -0.3 is 9.47 Å². The maximum Gasteiger partial charge on any atom is 0.352 e. The molecule has 0 N–H and O–H groups in total. The number of benzene rings is 1. The summed E-state index contributed by atoms with van der Waals surface area (Å²) < 4.78 is 4.83. The van der Waals surface area contributed by atoms with Gasteiger partial charge in [-0.2, -0.15) is 0 Å². The maximum atomic E-state index is 13.0. The highest BCUT2D eigenvalue weighted by Gasteiger charge is 2.35. The summed E-state index contributed by atoms with van der Waals surface area (Å²) in [6, 6.07) is 8.09. The quantitative estimate of drug-likeness (QED) is 0.697. The number of piperidine rings is 1. The average Bonchev–Trinajstić information content (AvgIpc) is 3.17. The number of para-hydroxylation sites is 2. The van der Waals surface area contributed by atoms with E-state index in [1.165, 1.54) is 30.4 Å². The predicted molar refractivity (Wildman–Crippen MR) is 103 cm³/mol. The Bertz CT molecular complexity index is 1070. The number of hydrogen-bond acceptors (Lipinski definition) is 3. The molecule has 142 valence electrons. The zero-order valence-corrected chi connectivity index (χ0v) is 15.7. The van der Waals surface area contributed by atoms with Crippen LogP contribution in [0.4, 0.5) is 0 Å². The fraction of sp³-hybridized carbons (Fsp3) is 0.550. The Morgan fingerprint density at radius 3 is 2.70 bits per heavy atom. The maximum absolute atomic E-state index is 13.0. The first-order valence-electron chi connectivity index (χ1n) is 9.97. The van der Waals surface area contributed by atoms with Crippen LogP contribution in [0.3, 0.4) is 0 Å². The minimum absolute atomic E-state index is 0.0259. The molecule has 3 heterocycles. The van der Waals surface area contributed by atoms with Crippen molar-refractivity contribution >= 4 is 22.7 Å². The summed E-state index contributed by atoms with van der Waals surface area (Å²) in [6.07, 6.45) is 7.11. The Hall–Kier alpha value is -2.57. The molecule has 2 atom stereocenters. The molecule has 1 aromatic carbocycles. The number of carbonyl (C=O) groups excluding carboxylic acids is 1. The molecule has 5 rings (SSSR count). The van der Waals surface area contributed by atoms with Gasteiger partial charge in [0.2, 0.25) is 11.7 Å². The van der Waals surface area contributed by atoms with Crippen LogP contribution in [0.15, 0.2) is 29.1 Å². The summed E-state index contributed by atoms with van der Waals surface area (Å²) >= 11 is 0. The number of imidazole rings is 1. The molecule has 1 aliphatic heterocycles. The van der Waals surface area contributed by atoms with Crippen molar-refractivity contribution in [1.29, 1.82) is 0 Å². The van der Waals surface area contributed by atoms with E-state index in [1.807, 2.05) is 40.8 Å². The van der Waals surface area contributed by atoms with Crippen molar-refractivity contribution in [1.82, 2.24) is 23.6 Å². The Morgan fingerprint density at radius 2 is 1.85 bits per heavy atom. The first kappa shape index (κ1) is 16.6. The van der Waals surface area contributed by atoms with E-state index in [2.05, 4.69) is 5.10 Å². The van der Waals surface area contributed by atoms with Gasteiger partial charge in [0.1, 0.15) is 6.54 Å². The third-order valence-corrected chi connectivity index (χ3v) is 6.45. The largest absolute Gasteiger partial charge is 0.352 e. The molecule has 0 unspecified atom stereocenters. The highest BCUT2D eigenvalue weighted by molar-refractivity contribution is 5.80. The molecule has 3 aromatic rings. The van der Waals surface area contributed by atoms with Crippen molar-refractivity contribution in [2.45, 2.75) is 51.1 Å². The van der Waals surface area contributed by atoms with Gasteiger partial charge in [-0.15, -0.1) is 5.10 Å². The van der Waals surface area contributed by atoms with Gasteiger partial charge in [0, 0.05) is 19.6 Å². The van der Waals surface area contributed by atoms with E-state index < -0.39 is 0 Å². The number of carbonyl (C=O) groups is 1. The standard InChI is InChI=1S/C20H25N5O2/c1-22-16-10-4-5-11-17(16)25-19(22)21-24(20(25)27)13-18(26)23-12-6-8-14-7-2-3-9-15(14)23/h4-5,10-11,14-15H,2-3,6-9,12-13H2,1H3/t14-,15-/m0/s1. The fourth-order valence-electron chi connectivity index (χ4n) is 5.13. The second kappa shape index (κ2) is 6.25. The number of nitrogens with zero attached hydrogens (tertiary/aromatic N) is 5. The molecular weight excluding hydrogens is 342 g/mol. The summed E-state index contributed by atoms with van der Waals surface area (Å²) in [6.45, 7) is 0.836. The second-order valence-corrected chi connectivity index (χ2v) is 7.96. The van der Waals surface area contributed by atoms with Crippen molar-refractivity contribution in [3.63, 3.8) is 0 Å². The zero-order chi connectivity index (χ0) is 18.5. The van der Waals surface area contributed by atoms with Crippen molar-refractivity contribution < 1.29 is 4.79 Å². The van der Waals surface area contributed by atoms with Crippen molar-refractivity contribution in [3.05, 3.63) is 34.7 Å². The SMILES string of the molecule is Cn1c2ccccc2n2c(=O)n(CC(=O)N3CCC[C@@H]4CCCC[C@@H]43)nc12. The van der Waals surface area contributed by atoms with Crippen LogP contribution in [0.2, 0.25) is 0 Å². The molecule has 1 saturated carbocycles. The van der Waals surface area contributed by atoms with E-state index in [-0.39, 0.29) is 18.1 Å². The number of hydrogen-bond donors (Lipinski definition) is 0. The van der Waals surface area contributed by atoms with Crippen LogP contribution < -0.4 is 5.69 Å². The Morgan fingerprint density at radius 1 is 1.11 bits per heavy atom. The molecule has 0 radical (unpaired) electrons. The van der Waals surface area contributed by atoms with Crippen molar-refractivity contribution in [2.75, 3.05) is 6.54 Å². The van der Waals surface area contributed by atoms with Crippen LogP contribution in [0.1, 0.15) is 38.5 Å². The molecule has 7 nitrogen and oxygen atoms in total. The number of aromatic nitrogens is 4. The molecule has 2 aliphatic rings. The summed E-state index contributed by atoms with van der Waals surface area (Å²) in [7, 11) is 1.90. The zero-order valence-electron chi connectivity index (χ0n) is 15.7. The molecule has 1 amide bonds. The lowest BCUT2D eigenvalue weighted by atomic mass is 9.78. The summed E-state index contributed by atoms with van der Waals surface area (Å²) in [5, 5.41) is 4.47. The summed E-state index contributed by atoms with van der Waals surface area (Å²) in [5.41, 5.74) is 1.54. The monoisotopic (exact) mass is 367 g/mol. The van der Waals surface area contributed by atoms with Crippen LogP contribution >= 0.6 is 0 Å². The highest BCUT2D eigenvalue weighted by Crippen LogP contribution is 2.35. The Kier molecular flexibility index (Phi) is 3.84. The topological polar surface area (TPSA) is 64.5 Å². The fourth-order valence-corrected chi connectivity index (χ4v) is 5.13. The van der Waals surface area contributed by atoms with Gasteiger partial charge >= 0.3 is 5.69 Å². The summed E-state index contributed by atoms with van der Waals surface area (Å²) in [5.74, 6) is 1.24. The molecule has 2 fully saturated rings. The molecular formula is C20H25N5O2. The lowest BCUT2D eigenvalue weighted by Crippen LogP contribution is -2.51. The molecule has 1 aliphatic carbocycles. The molecule has 27 heavy (non-hydrogen) atoms. The van der Waals surface area contributed by atoms with E-state index in [0.717, 1.165) is 30.4 Å². The number of aryl methyl sites for hydroxylation is 1. The lowest BCUT2D eigenvalue weighted by molar-refractivity contribution is -0.138. The van der Waals surface area contributed by atoms with Crippen molar-refractivity contribution in [2.24, 2.45) is 13.0 Å². The van der Waals surface area contributed by atoms with E-state index in [0.29, 0.717) is 17.7 Å². The number of rotatable bonds is 2. The van der Waals surface area contributed by atoms with E-state index in [9.17, 15) is 9.59 Å². The van der Waals surface area contributed by atoms with Crippen LogP contribution in [0.25, 0.3) is 16.8 Å². The van der Waals surface area contributed by atoms with Crippen LogP contribution in [-0.2, 0) is 18.4 Å². The first-order chi connectivity index (χ1) is 13.1. The second-order valence-electron chi connectivity index (χ2n) is 7.96. The number of fused-ring (bicyclic) bond motifs is 4. The average molecular weight is 367 g/mol. The van der Waals surface area contributed by atoms with Gasteiger partial charge in [0.05, 0.1) is 11.0 Å². The van der Waals surface area contributed by atoms with E-state index in [1.54, 1.807) is 4.40 Å². The van der Waals surface area contributed by atoms with Gasteiger partial charge in [-0.3, -0.25) is 4.79 Å². The third kappa shape index (κ3) is 2.51. The van der Waals surface area contributed by atoms with Gasteiger partial charge in [-0.05, 0) is 43.7 Å². The van der Waals surface area contributed by atoms with E-state index >= 15 is 0 Å². The molecule has 1 saturated heterocycles.